The van der Waals surface area contributed by atoms with Gasteiger partial charge in [-0.15, -0.1) is 0 Å². The molecular formula is C16H23N3O6. The number of non-ortho nitro benzene ring substituents is 1. The molecule has 0 fully saturated rings. The number of carboxylic acid groups (broad SMARTS) is 1. The van der Waals surface area contributed by atoms with Gasteiger partial charge >= 0.3 is 5.97 Å². The van der Waals surface area contributed by atoms with E-state index < -0.39 is 22.8 Å². The number of nitrogens with one attached hydrogen (secondary N) is 2. The lowest BCUT2D eigenvalue weighted by Gasteiger charge is -2.15. The SMILES string of the molecule is CCCCCNC(CC(=O)Nc1ccc([N+](=O)[O-])cc1OC)C(=O)O. The van der Waals surface area contributed by atoms with Crippen molar-refractivity contribution in [2.24, 2.45) is 0 Å². The summed E-state index contributed by atoms with van der Waals surface area (Å²) in [4.78, 5) is 33.5. The van der Waals surface area contributed by atoms with Crippen LogP contribution in [-0.4, -0.2) is 41.6 Å². The molecule has 0 bridgehead atoms. The molecule has 138 valence electrons. The van der Waals surface area contributed by atoms with Crippen LogP contribution in [0.1, 0.15) is 32.6 Å². The molecule has 0 spiro atoms. The Hall–Kier alpha value is -2.68. The maximum absolute atomic E-state index is 12.1. The van der Waals surface area contributed by atoms with Crippen LogP contribution in [0.5, 0.6) is 5.75 Å². The molecule has 0 aliphatic heterocycles. The largest absolute Gasteiger partial charge is 0.494 e. The zero-order valence-corrected chi connectivity index (χ0v) is 14.3. The molecule has 1 rings (SSSR count). The second-order valence-corrected chi connectivity index (χ2v) is 5.45. The quantitative estimate of drug-likeness (QED) is 0.315. The van der Waals surface area contributed by atoms with Gasteiger partial charge in [0, 0.05) is 6.07 Å². The summed E-state index contributed by atoms with van der Waals surface area (Å²) in [7, 11) is 1.32. The number of carbonyl (C=O) groups excluding carboxylic acids is 1. The molecule has 1 unspecified atom stereocenters. The van der Waals surface area contributed by atoms with Gasteiger partial charge in [0.05, 0.1) is 30.2 Å². The van der Waals surface area contributed by atoms with Gasteiger partial charge in [-0.2, -0.15) is 0 Å². The fourth-order valence-electron chi connectivity index (χ4n) is 2.18. The molecule has 1 aromatic rings. The number of hydrogen-bond acceptors (Lipinski definition) is 6. The number of benzene rings is 1. The minimum Gasteiger partial charge on any atom is -0.494 e. The second kappa shape index (κ2) is 10.2. The van der Waals surface area contributed by atoms with Crippen molar-refractivity contribution in [3.63, 3.8) is 0 Å². The summed E-state index contributed by atoms with van der Waals surface area (Å²) in [6.45, 7) is 2.55. The first-order valence-electron chi connectivity index (χ1n) is 7.97. The topological polar surface area (TPSA) is 131 Å². The first-order valence-corrected chi connectivity index (χ1v) is 7.97. The number of aliphatic carboxylic acids is 1. The molecule has 9 heteroatoms. The third-order valence-corrected chi connectivity index (χ3v) is 3.53. The molecule has 0 heterocycles. The highest BCUT2D eigenvalue weighted by molar-refractivity contribution is 5.95. The average molecular weight is 353 g/mol. The highest BCUT2D eigenvalue weighted by atomic mass is 16.6. The molecule has 0 aliphatic rings. The van der Waals surface area contributed by atoms with E-state index in [2.05, 4.69) is 10.6 Å². The van der Waals surface area contributed by atoms with E-state index in [4.69, 9.17) is 4.74 Å². The van der Waals surface area contributed by atoms with Gasteiger partial charge in [0.15, 0.2) is 0 Å². The van der Waals surface area contributed by atoms with Crippen LogP contribution in [0.3, 0.4) is 0 Å². The van der Waals surface area contributed by atoms with Gasteiger partial charge < -0.3 is 20.5 Å². The van der Waals surface area contributed by atoms with E-state index in [9.17, 15) is 24.8 Å². The van der Waals surface area contributed by atoms with E-state index >= 15 is 0 Å². The molecule has 0 saturated heterocycles. The van der Waals surface area contributed by atoms with Gasteiger partial charge in [0.1, 0.15) is 11.8 Å². The smallest absolute Gasteiger partial charge is 0.321 e. The van der Waals surface area contributed by atoms with Crippen LogP contribution in [0.4, 0.5) is 11.4 Å². The van der Waals surface area contributed by atoms with Crippen LogP contribution in [0.15, 0.2) is 18.2 Å². The first-order chi connectivity index (χ1) is 11.9. The first kappa shape index (κ1) is 20.4. The van der Waals surface area contributed by atoms with Gasteiger partial charge in [0.2, 0.25) is 5.91 Å². The molecule has 3 N–H and O–H groups in total. The number of hydrogen-bond donors (Lipinski definition) is 3. The van der Waals surface area contributed by atoms with Gasteiger partial charge in [-0.05, 0) is 19.0 Å². The van der Waals surface area contributed by atoms with Gasteiger partial charge in [0.25, 0.3) is 5.69 Å². The third-order valence-electron chi connectivity index (χ3n) is 3.53. The number of rotatable bonds is 11. The molecule has 9 nitrogen and oxygen atoms in total. The Morgan fingerprint density at radius 2 is 2.08 bits per heavy atom. The van der Waals surface area contributed by atoms with Crippen LogP contribution >= 0.6 is 0 Å². The van der Waals surface area contributed by atoms with E-state index in [0.717, 1.165) is 19.3 Å². The molecule has 0 saturated carbocycles. The van der Waals surface area contributed by atoms with Gasteiger partial charge in [-0.25, -0.2) is 0 Å². The molecule has 1 atom stereocenters. The van der Waals surface area contributed by atoms with Crippen molar-refractivity contribution < 1.29 is 24.4 Å². The van der Waals surface area contributed by atoms with Gasteiger partial charge in [-0.1, -0.05) is 19.8 Å². The summed E-state index contributed by atoms with van der Waals surface area (Å²) < 4.78 is 5.03. The van der Waals surface area contributed by atoms with E-state index in [-0.39, 0.29) is 23.5 Å². The number of carboxylic acids is 1. The summed E-state index contributed by atoms with van der Waals surface area (Å²) in [5.41, 5.74) is 0.0732. The molecule has 25 heavy (non-hydrogen) atoms. The fourth-order valence-corrected chi connectivity index (χ4v) is 2.18. The minimum atomic E-state index is -1.11. The zero-order valence-electron chi connectivity index (χ0n) is 14.3. The number of nitro groups is 1. The summed E-state index contributed by atoms with van der Waals surface area (Å²) in [6.07, 6.45) is 2.56. The van der Waals surface area contributed by atoms with Crippen LogP contribution in [0.2, 0.25) is 0 Å². The van der Waals surface area contributed by atoms with Crippen molar-refractivity contribution in [3.05, 3.63) is 28.3 Å². The highest BCUT2D eigenvalue weighted by Gasteiger charge is 2.21. The van der Waals surface area contributed by atoms with Crippen molar-refractivity contribution in [2.75, 3.05) is 19.0 Å². The number of anilines is 1. The lowest BCUT2D eigenvalue weighted by molar-refractivity contribution is -0.384. The summed E-state index contributed by atoms with van der Waals surface area (Å²) in [5.74, 6) is -1.50. The number of carbonyl (C=O) groups is 2. The fraction of sp³-hybridized carbons (Fsp3) is 0.500. The molecule has 0 aliphatic carbocycles. The number of nitro benzene ring substituents is 1. The summed E-state index contributed by atoms with van der Waals surface area (Å²) in [6, 6.07) is 2.77. The van der Waals surface area contributed by atoms with E-state index in [1.54, 1.807) is 0 Å². The Morgan fingerprint density at radius 3 is 2.64 bits per heavy atom. The maximum Gasteiger partial charge on any atom is 0.321 e. The summed E-state index contributed by atoms with van der Waals surface area (Å²) >= 11 is 0. The highest BCUT2D eigenvalue weighted by Crippen LogP contribution is 2.29. The Morgan fingerprint density at radius 1 is 1.36 bits per heavy atom. The number of amides is 1. The second-order valence-electron chi connectivity index (χ2n) is 5.45. The number of methoxy groups -OCH3 is 1. The Labute approximate surface area is 145 Å². The Bertz CT molecular complexity index is 620. The minimum absolute atomic E-state index is 0.130. The Balaban J connectivity index is 2.70. The standard InChI is InChI=1S/C16H23N3O6/c1-3-4-5-8-17-13(16(21)22)10-15(20)18-12-7-6-11(19(23)24)9-14(12)25-2/h6-7,9,13,17H,3-5,8,10H2,1-2H3,(H,18,20)(H,21,22). The van der Waals surface area contributed by atoms with Gasteiger partial charge in [-0.3, -0.25) is 19.7 Å². The van der Waals surface area contributed by atoms with Crippen LogP contribution in [-0.2, 0) is 9.59 Å². The third kappa shape index (κ3) is 6.76. The predicted molar refractivity (Wildman–Crippen MR) is 91.8 cm³/mol. The molecule has 1 amide bonds. The van der Waals surface area contributed by atoms with Crippen LogP contribution in [0.25, 0.3) is 0 Å². The Kier molecular flexibility index (Phi) is 8.34. The normalized spacial score (nSPS) is 11.6. The number of ether oxygens (including phenoxy) is 1. The van der Waals surface area contributed by atoms with Crippen molar-refractivity contribution in [1.29, 1.82) is 0 Å². The van der Waals surface area contributed by atoms with E-state index in [0.29, 0.717) is 6.54 Å². The summed E-state index contributed by atoms with van der Waals surface area (Å²) in [5, 5.41) is 25.3. The van der Waals surface area contributed by atoms with E-state index in [1.165, 1.54) is 25.3 Å². The molecular weight excluding hydrogens is 330 g/mol. The zero-order chi connectivity index (χ0) is 18.8. The lowest BCUT2D eigenvalue weighted by atomic mass is 10.1. The monoisotopic (exact) mass is 353 g/mol. The molecule has 0 aromatic heterocycles. The molecule has 0 radical (unpaired) electrons. The maximum atomic E-state index is 12.1. The lowest BCUT2D eigenvalue weighted by Crippen LogP contribution is -2.40. The van der Waals surface area contributed by atoms with Crippen LogP contribution < -0.4 is 15.4 Å². The average Bonchev–Trinajstić information content (AvgIpc) is 2.57. The van der Waals surface area contributed by atoms with Crippen LogP contribution in [0, 0.1) is 10.1 Å². The predicted octanol–water partition coefficient (Wildman–Crippen LogP) is 2.17. The number of nitrogens with zero attached hydrogens (tertiary/aromatic N) is 1. The van der Waals surface area contributed by atoms with Crippen molar-refractivity contribution in [1.82, 2.24) is 5.32 Å². The van der Waals surface area contributed by atoms with Crippen molar-refractivity contribution in [2.45, 2.75) is 38.6 Å². The van der Waals surface area contributed by atoms with Crippen molar-refractivity contribution >= 4 is 23.3 Å². The molecule has 1 aromatic carbocycles. The van der Waals surface area contributed by atoms with E-state index in [1.807, 2.05) is 6.92 Å². The number of unbranched alkanes of at least 4 members (excludes halogenated alkanes) is 2. The van der Waals surface area contributed by atoms with Crippen molar-refractivity contribution in [3.8, 4) is 5.75 Å².